The minimum Gasteiger partial charge on any atom is -0.496 e. The molecule has 1 aliphatic carbocycles. The number of anilines is 2. The van der Waals surface area contributed by atoms with Crippen LogP contribution >= 0.6 is 24.4 Å². The van der Waals surface area contributed by atoms with E-state index in [0.717, 1.165) is 55.8 Å². The number of ether oxygens (including phenoxy) is 2. The highest BCUT2D eigenvalue weighted by molar-refractivity contribution is 7.80. The number of carbonyl (C=O) groups is 3. The molecule has 0 bridgehead atoms. The van der Waals surface area contributed by atoms with E-state index >= 15 is 0 Å². The maximum absolute atomic E-state index is 13.9. The summed E-state index contributed by atoms with van der Waals surface area (Å²) in [5, 5.41) is 20.3. The van der Waals surface area contributed by atoms with Crippen LogP contribution in [-0.2, 0) is 9.59 Å². The van der Waals surface area contributed by atoms with Crippen molar-refractivity contribution in [2.45, 2.75) is 71.3 Å². The molecule has 0 heterocycles. The first-order valence-electron chi connectivity index (χ1n) is 22.5. The zero-order valence-electron chi connectivity index (χ0n) is 40.4. The van der Waals surface area contributed by atoms with Crippen LogP contribution in [0.25, 0.3) is 0 Å². The van der Waals surface area contributed by atoms with Crippen LogP contribution in [0.2, 0.25) is 0 Å². The zero-order valence-corrected chi connectivity index (χ0v) is 42.0. The normalized spacial score (nSPS) is 17.4. The Balaban J connectivity index is 1.47. The van der Waals surface area contributed by atoms with Crippen molar-refractivity contribution in [2.24, 2.45) is 28.3 Å². The summed E-state index contributed by atoms with van der Waals surface area (Å²) in [6.45, 7) is 15.0. The average molecular weight is 956 g/mol. The number of aliphatic carboxylic acids is 1. The number of hydrogen-bond donors (Lipinski definition) is 6. The maximum atomic E-state index is 13.9. The standard InChI is InChI=1S/C50H69N9O6S2/c1-11-34-27-32(4)50(47(62)63,33(5)28-34)56-45(60)39(51)30-41(44-42(64-9)15-12-16-43(44)65-10)55-40-22-17-35(29-38(40)31(2)3)46(61)58(7)25-13-23-57(6)24-14-26-59(8)49(67)54-37-20-18-36(19-21-37)53-48(52)66/h12,15-22,29-31,33-34H,4,11,13-14,23-28,51H2,1-3,5-10H3,(H,54,67)(H,56,60)(H,62,63)(H3,52,53,66). The highest BCUT2D eigenvalue weighted by atomic mass is 32.1. The van der Waals surface area contributed by atoms with E-state index in [4.69, 9.17) is 50.4 Å². The topological polar surface area (TPSA) is 200 Å². The number of nitrogens with two attached hydrogens (primary N) is 2. The number of aliphatic imine (C=N–C) groups is 1. The van der Waals surface area contributed by atoms with E-state index < -0.39 is 23.3 Å². The van der Waals surface area contributed by atoms with Gasteiger partial charge in [-0.05, 0) is 160 Å². The Hall–Kier alpha value is -6.04. The molecule has 3 aromatic carbocycles. The molecule has 17 heteroatoms. The molecule has 0 radical (unpaired) electrons. The Morgan fingerprint density at radius 1 is 0.925 bits per heavy atom. The first kappa shape index (κ1) is 53.6. The van der Waals surface area contributed by atoms with Crippen LogP contribution in [0.1, 0.15) is 87.2 Å². The minimum atomic E-state index is -1.70. The number of thiocarbonyl (C=S) groups is 2. The molecule has 0 aromatic heterocycles. The SMILES string of the molecule is C=C1CC(CC)CC(C)C1(NC(=O)C(N)=CC(=Nc1ccc(C(=O)N(C)CCCN(C)CCCN(C)C(=S)Nc2ccc(NC(N)=S)cc2)cc1C(C)C)c1c(OC)cccc1OC)C(=O)O. The maximum Gasteiger partial charge on any atom is 0.334 e. The quantitative estimate of drug-likeness (QED) is 0.0265. The summed E-state index contributed by atoms with van der Waals surface area (Å²) < 4.78 is 11.5. The number of hydrogen-bond acceptors (Lipinski definition) is 10. The smallest absolute Gasteiger partial charge is 0.334 e. The van der Waals surface area contributed by atoms with E-state index in [1.807, 2.05) is 63.1 Å². The molecule has 1 saturated carbocycles. The van der Waals surface area contributed by atoms with Crippen LogP contribution in [0, 0.1) is 11.8 Å². The summed E-state index contributed by atoms with van der Waals surface area (Å²) in [5.74, 6) is -1.50. The second kappa shape index (κ2) is 24.6. The third kappa shape index (κ3) is 14.0. The minimum absolute atomic E-state index is 0.0633. The number of carboxylic acids is 1. The molecular weight excluding hydrogens is 887 g/mol. The number of rotatable bonds is 21. The van der Waals surface area contributed by atoms with Crippen LogP contribution in [0.15, 0.2) is 89.6 Å². The lowest BCUT2D eigenvalue weighted by molar-refractivity contribution is -0.148. The number of benzene rings is 3. The van der Waals surface area contributed by atoms with Crippen LogP contribution in [0.5, 0.6) is 11.5 Å². The van der Waals surface area contributed by atoms with Crippen molar-refractivity contribution in [2.75, 3.05) is 72.2 Å². The number of carboxylic acid groups (broad SMARTS) is 1. The van der Waals surface area contributed by atoms with E-state index in [-0.39, 0.29) is 34.3 Å². The van der Waals surface area contributed by atoms with Gasteiger partial charge in [-0.25, -0.2) is 9.79 Å². The van der Waals surface area contributed by atoms with E-state index in [1.54, 1.807) is 42.3 Å². The van der Waals surface area contributed by atoms with Crippen LogP contribution in [0.4, 0.5) is 17.1 Å². The molecule has 2 amide bonds. The summed E-state index contributed by atoms with van der Waals surface area (Å²) in [4.78, 5) is 51.7. The molecule has 0 aliphatic heterocycles. The summed E-state index contributed by atoms with van der Waals surface area (Å²) in [6, 6.07) is 18.2. The molecule has 15 nitrogen and oxygen atoms in total. The molecule has 0 spiro atoms. The van der Waals surface area contributed by atoms with E-state index in [2.05, 4.69) is 41.4 Å². The second-order valence-electron chi connectivity index (χ2n) is 17.5. The molecular formula is C50H69N9O6S2. The number of carbonyl (C=O) groups excluding carboxylic acids is 2. The second-order valence-corrected chi connectivity index (χ2v) is 18.3. The van der Waals surface area contributed by atoms with Crippen molar-refractivity contribution >= 4 is 75.2 Å². The van der Waals surface area contributed by atoms with Crippen molar-refractivity contribution in [1.29, 1.82) is 0 Å². The largest absolute Gasteiger partial charge is 0.496 e. The van der Waals surface area contributed by atoms with Crippen LogP contribution in [-0.4, -0.2) is 121 Å². The number of nitrogens with zero attached hydrogens (tertiary/aromatic N) is 4. The van der Waals surface area contributed by atoms with Gasteiger partial charge in [0.25, 0.3) is 11.8 Å². The molecule has 4 rings (SSSR count). The highest BCUT2D eigenvalue weighted by Gasteiger charge is 2.51. The summed E-state index contributed by atoms with van der Waals surface area (Å²) in [5.41, 5.74) is 14.7. The van der Waals surface area contributed by atoms with Gasteiger partial charge >= 0.3 is 5.97 Å². The summed E-state index contributed by atoms with van der Waals surface area (Å²) in [7, 11) is 8.86. The average Bonchev–Trinajstić information content (AvgIpc) is 3.29. The fourth-order valence-electron chi connectivity index (χ4n) is 8.35. The predicted octanol–water partition coefficient (Wildman–Crippen LogP) is 7.51. The molecule has 3 atom stereocenters. The van der Waals surface area contributed by atoms with Gasteiger partial charge in [-0.15, -0.1) is 0 Å². The van der Waals surface area contributed by atoms with Crippen LogP contribution in [0.3, 0.4) is 0 Å². The van der Waals surface area contributed by atoms with E-state index in [9.17, 15) is 19.5 Å². The van der Waals surface area contributed by atoms with Gasteiger partial charge in [-0.2, -0.15) is 0 Å². The Labute approximate surface area is 407 Å². The zero-order chi connectivity index (χ0) is 49.6. The van der Waals surface area contributed by atoms with E-state index in [1.165, 1.54) is 20.3 Å². The molecule has 0 saturated heterocycles. The molecule has 1 fully saturated rings. The van der Waals surface area contributed by atoms with Gasteiger partial charge < -0.3 is 56.7 Å². The van der Waals surface area contributed by atoms with Gasteiger partial charge in [0, 0.05) is 44.1 Å². The van der Waals surface area contributed by atoms with E-state index in [0.29, 0.717) is 58.4 Å². The first-order valence-corrected chi connectivity index (χ1v) is 23.4. The Bertz CT molecular complexity index is 2310. The summed E-state index contributed by atoms with van der Waals surface area (Å²) in [6.07, 6.45) is 5.03. The molecule has 1 aliphatic rings. The fraction of sp³-hybridized carbons (Fsp3) is 0.440. The predicted molar refractivity (Wildman–Crippen MR) is 278 cm³/mol. The third-order valence-electron chi connectivity index (χ3n) is 12.3. The van der Waals surface area contributed by atoms with Crippen LogP contribution < -0.4 is 36.9 Å². The number of methoxy groups -OCH3 is 2. The lowest BCUT2D eigenvalue weighted by Crippen LogP contribution is -2.62. The lowest BCUT2D eigenvalue weighted by Gasteiger charge is -2.44. The first-order chi connectivity index (χ1) is 31.7. The number of allylic oxidation sites excluding steroid dienone is 1. The Morgan fingerprint density at radius 2 is 1.51 bits per heavy atom. The van der Waals surface area contributed by atoms with Gasteiger partial charge in [0.1, 0.15) is 11.5 Å². The molecule has 67 heavy (non-hydrogen) atoms. The number of amides is 2. The highest BCUT2D eigenvalue weighted by Crippen LogP contribution is 2.42. The lowest BCUT2D eigenvalue weighted by atomic mass is 9.66. The van der Waals surface area contributed by atoms with Crippen molar-refractivity contribution in [1.82, 2.24) is 20.0 Å². The molecule has 3 aromatic rings. The third-order valence-corrected chi connectivity index (χ3v) is 12.8. The molecule has 362 valence electrons. The van der Waals surface area contributed by atoms with Crippen molar-refractivity contribution < 1.29 is 29.0 Å². The molecule has 8 N–H and O–H groups in total. The monoisotopic (exact) mass is 955 g/mol. The Morgan fingerprint density at radius 3 is 2.03 bits per heavy atom. The molecule has 3 unspecified atom stereocenters. The Kier molecular flexibility index (Phi) is 19.7. The summed E-state index contributed by atoms with van der Waals surface area (Å²) >= 11 is 10.5. The fourth-order valence-corrected chi connectivity index (χ4v) is 8.68. The van der Waals surface area contributed by atoms with Gasteiger partial charge in [-0.1, -0.05) is 46.8 Å². The van der Waals surface area contributed by atoms with Gasteiger partial charge in [0.15, 0.2) is 15.8 Å². The van der Waals surface area contributed by atoms with Crippen molar-refractivity contribution in [3.05, 3.63) is 101 Å². The van der Waals surface area contributed by atoms with Gasteiger partial charge in [-0.3, -0.25) is 9.59 Å². The number of nitrogens with one attached hydrogen (secondary N) is 3. The van der Waals surface area contributed by atoms with Gasteiger partial charge in [0.2, 0.25) is 0 Å². The van der Waals surface area contributed by atoms with Gasteiger partial charge in [0.05, 0.1) is 36.9 Å². The van der Waals surface area contributed by atoms with Crippen molar-refractivity contribution in [3.63, 3.8) is 0 Å². The van der Waals surface area contributed by atoms with Crippen molar-refractivity contribution in [3.8, 4) is 11.5 Å².